The van der Waals surface area contributed by atoms with Crippen molar-refractivity contribution in [1.29, 1.82) is 0 Å². The number of hydrogen-bond acceptors (Lipinski definition) is 4. The van der Waals surface area contributed by atoms with Crippen molar-refractivity contribution in [2.24, 2.45) is 11.8 Å². The van der Waals surface area contributed by atoms with E-state index in [4.69, 9.17) is 19.8 Å². The molecule has 8 heteroatoms. The van der Waals surface area contributed by atoms with Gasteiger partial charge in [-0.1, -0.05) is 6.42 Å². The summed E-state index contributed by atoms with van der Waals surface area (Å²) in [5, 5.41) is 14.8. The first-order valence-electron chi connectivity index (χ1n) is 9.60. The van der Waals surface area contributed by atoms with Crippen LogP contribution in [0, 0.1) is 17.7 Å². The van der Waals surface area contributed by atoms with Crippen LogP contribution in [0.2, 0.25) is 0 Å². The molecule has 1 aromatic rings. The molecule has 7 nitrogen and oxygen atoms in total. The molecule has 0 spiro atoms. The Morgan fingerprint density at radius 3 is 1.96 bits per heavy atom. The lowest BCUT2D eigenvalue weighted by Gasteiger charge is -2.41. The number of piperazine rings is 1. The van der Waals surface area contributed by atoms with Crippen LogP contribution >= 0.6 is 0 Å². The first-order valence-corrected chi connectivity index (χ1v) is 9.60. The number of carbonyl (C=O) groups excluding carboxylic acids is 1. The van der Waals surface area contributed by atoms with Gasteiger partial charge in [0.2, 0.25) is 0 Å². The molecule has 0 radical (unpaired) electrons. The van der Waals surface area contributed by atoms with E-state index in [0.717, 1.165) is 44.1 Å². The molecular weight excluding hydrogens is 367 g/mol. The van der Waals surface area contributed by atoms with Crippen LogP contribution in [-0.4, -0.2) is 70.1 Å². The smallest absolute Gasteiger partial charge is 0.414 e. The molecule has 3 unspecified atom stereocenters. The van der Waals surface area contributed by atoms with Crippen molar-refractivity contribution in [1.82, 2.24) is 9.80 Å². The molecule has 28 heavy (non-hydrogen) atoms. The molecule has 3 atom stereocenters. The Kier molecular flexibility index (Phi) is 6.28. The van der Waals surface area contributed by atoms with E-state index in [1.54, 1.807) is 12.1 Å². The third-order valence-corrected chi connectivity index (χ3v) is 6.05. The number of nitrogens with zero attached hydrogens (tertiary/aromatic N) is 2. The molecule has 2 N–H and O–H groups in total. The van der Waals surface area contributed by atoms with Gasteiger partial charge in [0.15, 0.2) is 0 Å². The minimum atomic E-state index is -1.82. The summed E-state index contributed by atoms with van der Waals surface area (Å²) in [5.41, 5.74) is 0.592. The van der Waals surface area contributed by atoms with E-state index in [-0.39, 0.29) is 11.7 Å². The molecule has 1 amide bonds. The van der Waals surface area contributed by atoms with Gasteiger partial charge in [-0.05, 0) is 55.4 Å². The number of rotatable bonds is 2. The van der Waals surface area contributed by atoms with Crippen molar-refractivity contribution < 1.29 is 29.0 Å². The second kappa shape index (κ2) is 8.68. The third-order valence-electron chi connectivity index (χ3n) is 6.05. The molecule has 3 aliphatic rings. The molecule has 1 heterocycles. The predicted octanol–water partition coefficient (Wildman–Crippen LogP) is 1.93. The van der Waals surface area contributed by atoms with Gasteiger partial charge in [-0.3, -0.25) is 9.69 Å². The fourth-order valence-electron chi connectivity index (χ4n) is 4.69. The number of halogens is 1. The number of carboxylic acids is 2. The fraction of sp³-hybridized carbons (Fsp3) is 0.550. The van der Waals surface area contributed by atoms with E-state index in [1.807, 2.05) is 4.90 Å². The average Bonchev–Trinajstić information content (AvgIpc) is 3.32. The SMILES string of the molecule is O=C(O)C(=O)O.O=C(c1ccc(F)cc1)N1CCN(C2CC3CCC2C3)CC1. The lowest BCUT2D eigenvalue weighted by atomic mass is 9.93. The minimum Gasteiger partial charge on any atom is -0.473 e. The van der Waals surface area contributed by atoms with Gasteiger partial charge in [-0.25, -0.2) is 14.0 Å². The topological polar surface area (TPSA) is 98.1 Å². The van der Waals surface area contributed by atoms with Gasteiger partial charge in [-0.15, -0.1) is 0 Å². The van der Waals surface area contributed by atoms with Crippen LogP contribution in [0.25, 0.3) is 0 Å². The third kappa shape index (κ3) is 4.67. The zero-order valence-corrected chi connectivity index (χ0v) is 15.6. The number of amides is 1. The Hall–Kier alpha value is -2.48. The largest absolute Gasteiger partial charge is 0.473 e. The fourth-order valence-corrected chi connectivity index (χ4v) is 4.69. The number of aliphatic carboxylic acids is 2. The quantitative estimate of drug-likeness (QED) is 0.747. The molecule has 2 aliphatic carbocycles. The lowest BCUT2D eigenvalue weighted by molar-refractivity contribution is -0.159. The van der Waals surface area contributed by atoms with Crippen molar-refractivity contribution in [2.75, 3.05) is 26.2 Å². The van der Waals surface area contributed by atoms with Gasteiger partial charge in [-0.2, -0.15) is 0 Å². The van der Waals surface area contributed by atoms with Crippen LogP contribution in [0.3, 0.4) is 0 Å². The Morgan fingerprint density at radius 2 is 1.50 bits per heavy atom. The van der Waals surface area contributed by atoms with Crippen molar-refractivity contribution in [2.45, 2.75) is 31.7 Å². The molecule has 1 saturated heterocycles. The zero-order valence-electron chi connectivity index (χ0n) is 15.6. The molecular formula is C20H25FN2O5. The summed E-state index contributed by atoms with van der Waals surface area (Å²) in [6.45, 7) is 3.57. The maximum absolute atomic E-state index is 13.0. The molecule has 1 aromatic carbocycles. The van der Waals surface area contributed by atoms with Crippen LogP contribution < -0.4 is 0 Å². The normalized spacial score (nSPS) is 26.5. The summed E-state index contributed by atoms with van der Waals surface area (Å²) < 4.78 is 13.0. The van der Waals surface area contributed by atoms with Gasteiger partial charge in [0.05, 0.1) is 0 Å². The monoisotopic (exact) mass is 392 g/mol. The Bertz CT molecular complexity index is 719. The molecule has 0 aromatic heterocycles. The summed E-state index contributed by atoms with van der Waals surface area (Å²) in [4.78, 5) is 35.2. The molecule has 4 rings (SSSR count). The highest BCUT2D eigenvalue weighted by Crippen LogP contribution is 2.46. The molecule has 152 valence electrons. The number of hydrogen-bond donors (Lipinski definition) is 2. The van der Waals surface area contributed by atoms with Crippen LogP contribution in [0.15, 0.2) is 24.3 Å². The predicted molar refractivity (Wildman–Crippen MR) is 98.4 cm³/mol. The van der Waals surface area contributed by atoms with Gasteiger partial charge < -0.3 is 15.1 Å². The van der Waals surface area contributed by atoms with E-state index in [9.17, 15) is 9.18 Å². The van der Waals surface area contributed by atoms with Crippen LogP contribution in [-0.2, 0) is 9.59 Å². The number of carboxylic acid groups (broad SMARTS) is 2. The Morgan fingerprint density at radius 1 is 0.893 bits per heavy atom. The molecule has 2 saturated carbocycles. The maximum atomic E-state index is 13.0. The lowest BCUT2D eigenvalue weighted by Crippen LogP contribution is -2.53. The Balaban J connectivity index is 0.000000330. The van der Waals surface area contributed by atoms with Crippen molar-refractivity contribution in [3.63, 3.8) is 0 Å². The second-order valence-corrected chi connectivity index (χ2v) is 7.69. The first kappa shape index (κ1) is 20.3. The highest BCUT2D eigenvalue weighted by Gasteiger charge is 2.42. The average molecular weight is 392 g/mol. The van der Waals surface area contributed by atoms with Crippen molar-refractivity contribution in [3.8, 4) is 0 Å². The van der Waals surface area contributed by atoms with E-state index in [1.165, 1.54) is 37.8 Å². The molecule has 2 bridgehead atoms. The molecule has 1 aliphatic heterocycles. The summed E-state index contributed by atoms with van der Waals surface area (Å²) in [6, 6.07) is 6.65. The van der Waals surface area contributed by atoms with E-state index in [2.05, 4.69) is 4.90 Å². The van der Waals surface area contributed by atoms with Gasteiger partial charge in [0.25, 0.3) is 5.91 Å². The highest BCUT2D eigenvalue weighted by atomic mass is 19.1. The maximum Gasteiger partial charge on any atom is 0.414 e. The first-order chi connectivity index (χ1) is 13.3. The van der Waals surface area contributed by atoms with E-state index >= 15 is 0 Å². The summed E-state index contributed by atoms with van der Waals surface area (Å²) >= 11 is 0. The summed E-state index contributed by atoms with van der Waals surface area (Å²) in [7, 11) is 0. The Labute approximate surface area is 162 Å². The number of benzene rings is 1. The molecule has 3 fully saturated rings. The van der Waals surface area contributed by atoms with Gasteiger partial charge >= 0.3 is 11.9 Å². The van der Waals surface area contributed by atoms with Gasteiger partial charge in [0, 0.05) is 37.8 Å². The number of carbonyl (C=O) groups is 3. The number of fused-ring (bicyclic) bond motifs is 2. The minimum absolute atomic E-state index is 0.0348. The second-order valence-electron chi connectivity index (χ2n) is 7.69. The van der Waals surface area contributed by atoms with Gasteiger partial charge in [0.1, 0.15) is 5.82 Å². The van der Waals surface area contributed by atoms with Crippen LogP contribution in [0.4, 0.5) is 4.39 Å². The standard InChI is InChI=1S/C18H23FN2O.C2H2O4/c19-16-5-3-14(4-6-16)18(22)21-9-7-20(8-10-21)17-12-13-1-2-15(17)11-13;3-1(4)2(5)6/h3-6,13,15,17H,1-2,7-12H2;(H,3,4)(H,5,6). The van der Waals surface area contributed by atoms with E-state index in [0.29, 0.717) is 5.56 Å². The van der Waals surface area contributed by atoms with Crippen LogP contribution in [0.5, 0.6) is 0 Å². The summed E-state index contributed by atoms with van der Waals surface area (Å²) in [5.74, 6) is -2.03. The van der Waals surface area contributed by atoms with Crippen molar-refractivity contribution in [3.05, 3.63) is 35.6 Å². The summed E-state index contributed by atoms with van der Waals surface area (Å²) in [6.07, 6.45) is 5.64. The van der Waals surface area contributed by atoms with E-state index < -0.39 is 11.9 Å². The highest BCUT2D eigenvalue weighted by molar-refractivity contribution is 6.27. The zero-order chi connectivity index (χ0) is 20.3. The van der Waals surface area contributed by atoms with Crippen molar-refractivity contribution >= 4 is 17.8 Å². The van der Waals surface area contributed by atoms with Crippen LogP contribution in [0.1, 0.15) is 36.0 Å².